The molecule has 2 aromatic rings. The number of nitrogens with zero attached hydrogens (tertiary/aromatic N) is 6. The van der Waals surface area contributed by atoms with Gasteiger partial charge in [0.15, 0.2) is 0 Å². The SMILES string of the molecule is CCCn1cc(C(=O)N2CCN(c3nc(C)ns3)CC2)c(C)n1. The number of anilines is 1. The highest BCUT2D eigenvalue weighted by Crippen LogP contribution is 2.20. The van der Waals surface area contributed by atoms with Crippen molar-refractivity contribution in [3.8, 4) is 0 Å². The van der Waals surface area contributed by atoms with Gasteiger partial charge in [0.05, 0.1) is 11.3 Å². The summed E-state index contributed by atoms with van der Waals surface area (Å²) in [6.45, 7) is 9.75. The molecule has 0 spiro atoms. The quantitative estimate of drug-likeness (QED) is 0.852. The van der Waals surface area contributed by atoms with Gasteiger partial charge in [-0.15, -0.1) is 0 Å². The van der Waals surface area contributed by atoms with Crippen molar-refractivity contribution >= 4 is 22.6 Å². The van der Waals surface area contributed by atoms with E-state index in [-0.39, 0.29) is 5.91 Å². The summed E-state index contributed by atoms with van der Waals surface area (Å²) in [5.41, 5.74) is 1.53. The molecule has 0 atom stereocenters. The predicted octanol–water partition coefficient (Wildman–Crippen LogP) is 1.72. The molecule has 3 heterocycles. The van der Waals surface area contributed by atoms with Crippen LogP contribution in [-0.2, 0) is 6.54 Å². The minimum Gasteiger partial charge on any atom is -0.343 e. The van der Waals surface area contributed by atoms with Crippen LogP contribution < -0.4 is 4.90 Å². The Morgan fingerprint density at radius 2 is 2.00 bits per heavy atom. The van der Waals surface area contributed by atoms with Crippen molar-refractivity contribution in [1.29, 1.82) is 0 Å². The van der Waals surface area contributed by atoms with Crippen molar-refractivity contribution in [2.24, 2.45) is 0 Å². The first kappa shape index (κ1) is 15.9. The number of amides is 1. The fraction of sp³-hybridized carbons (Fsp3) is 0.600. The van der Waals surface area contributed by atoms with E-state index in [9.17, 15) is 4.79 Å². The summed E-state index contributed by atoms with van der Waals surface area (Å²) in [6, 6.07) is 0. The Bertz CT molecular complexity index is 686. The molecule has 0 radical (unpaired) electrons. The molecule has 1 saturated heterocycles. The third-order valence-corrected chi connectivity index (χ3v) is 4.85. The van der Waals surface area contributed by atoms with E-state index in [1.54, 1.807) is 0 Å². The zero-order chi connectivity index (χ0) is 16.4. The van der Waals surface area contributed by atoms with Crippen LogP contribution in [0.3, 0.4) is 0 Å². The van der Waals surface area contributed by atoms with Crippen molar-refractivity contribution in [3.05, 3.63) is 23.3 Å². The molecule has 7 nitrogen and oxygen atoms in total. The molecule has 0 aliphatic carbocycles. The molecule has 23 heavy (non-hydrogen) atoms. The number of aryl methyl sites for hydroxylation is 3. The van der Waals surface area contributed by atoms with Crippen LogP contribution in [-0.4, -0.2) is 56.1 Å². The van der Waals surface area contributed by atoms with Gasteiger partial charge in [0.25, 0.3) is 5.91 Å². The monoisotopic (exact) mass is 334 g/mol. The summed E-state index contributed by atoms with van der Waals surface area (Å²) in [4.78, 5) is 21.2. The number of piperazine rings is 1. The number of carbonyl (C=O) groups excluding carboxylic acids is 1. The molecular weight excluding hydrogens is 312 g/mol. The topological polar surface area (TPSA) is 67.2 Å². The fourth-order valence-corrected chi connectivity index (χ4v) is 3.48. The second kappa shape index (κ2) is 6.66. The summed E-state index contributed by atoms with van der Waals surface area (Å²) in [7, 11) is 0. The lowest BCUT2D eigenvalue weighted by molar-refractivity contribution is 0.0746. The number of hydrogen-bond donors (Lipinski definition) is 0. The lowest BCUT2D eigenvalue weighted by Gasteiger charge is -2.34. The van der Waals surface area contributed by atoms with Crippen LogP contribution in [0, 0.1) is 13.8 Å². The van der Waals surface area contributed by atoms with Crippen molar-refractivity contribution in [1.82, 2.24) is 24.0 Å². The second-order valence-electron chi connectivity index (χ2n) is 5.79. The van der Waals surface area contributed by atoms with Crippen LogP contribution in [0.25, 0.3) is 0 Å². The van der Waals surface area contributed by atoms with Gasteiger partial charge in [-0.2, -0.15) is 9.47 Å². The molecule has 1 aliphatic rings. The Labute approximate surface area is 140 Å². The Balaban J connectivity index is 1.64. The average Bonchev–Trinajstić information content (AvgIpc) is 3.13. The molecule has 0 aromatic carbocycles. The van der Waals surface area contributed by atoms with Crippen molar-refractivity contribution in [2.45, 2.75) is 33.7 Å². The molecule has 1 fully saturated rings. The van der Waals surface area contributed by atoms with Crippen LogP contribution in [0.15, 0.2) is 6.20 Å². The maximum absolute atomic E-state index is 12.7. The third kappa shape index (κ3) is 3.36. The van der Waals surface area contributed by atoms with E-state index in [4.69, 9.17) is 0 Å². The molecule has 3 rings (SSSR count). The first-order chi connectivity index (χ1) is 11.1. The molecule has 1 aliphatic heterocycles. The van der Waals surface area contributed by atoms with E-state index in [2.05, 4.69) is 26.3 Å². The van der Waals surface area contributed by atoms with Gasteiger partial charge in [-0.05, 0) is 20.3 Å². The normalized spacial score (nSPS) is 15.3. The van der Waals surface area contributed by atoms with Gasteiger partial charge >= 0.3 is 0 Å². The second-order valence-corrected chi connectivity index (χ2v) is 6.52. The summed E-state index contributed by atoms with van der Waals surface area (Å²) in [5, 5.41) is 5.37. The van der Waals surface area contributed by atoms with Gasteiger partial charge in [-0.25, -0.2) is 4.98 Å². The Kier molecular flexibility index (Phi) is 4.61. The van der Waals surface area contributed by atoms with E-state index in [0.717, 1.165) is 48.3 Å². The standard InChI is InChI=1S/C15H22N6OS/c1-4-5-21-10-13(11(2)17-21)14(22)19-6-8-20(9-7-19)15-16-12(3)18-23-15/h10H,4-9H2,1-3H3. The highest BCUT2D eigenvalue weighted by atomic mass is 32.1. The number of carbonyl (C=O) groups is 1. The molecule has 0 bridgehead atoms. The molecule has 1 amide bonds. The summed E-state index contributed by atoms with van der Waals surface area (Å²) in [5.74, 6) is 0.889. The number of aromatic nitrogens is 4. The Hall–Kier alpha value is -1.96. The summed E-state index contributed by atoms with van der Waals surface area (Å²) in [6.07, 6.45) is 2.89. The molecule has 124 valence electrons. The van der Waals surface area contributed by atoms with Gasteiger partial charge in [-0.1, -0.05) is 6.92 Å². The first-order valence-corrected chi connectivity index (χ1v) is 8.74. The van der Waals surface area contributed by atoms with Gasteiger partial charge in [0.2, 0.25) is 5.13 Å². The molecule has 0 saturated carbocycles. The maximum atomic E-state index is 12.7. The molecular formula is C15H22N6OS. The minimum absolute atomic E-state index is 0.0814. The predicted molar refractivity (Wildman–Crippen MR) is 90.0 cm³/mol. The average molecular weight is 334 g/mol. The summed E-state index contributed by atoms with van der Waals surface area (Å²) < 4.78 is 6.09. The van der Waals surface area contributed by atoms with Crippen molar-refractivity contribution < 1.29 is 4.79 Å². The van der Waals surface area contributed by atoms with Crippen LogP contribution in [0.2, 0.25) is 0 Å². The van der Waals surface area contributed by atoms with Crippen LogP contribution in [0.4, 0.5) is 5.13 Å². The zero-order valence-corrected chi connectivity index (χ0v) is 14.6. The van der Waals surface area contributed by atoms with Crippen LogP contribution >= 0.6 is 11.5 Å². The minimum atomic E-state index is 0.0814. The van der Waals surface area contributed by atoms with Crippen LogP contribution in [0.5, 0.6) is 0 Å². The molecule has 0 unspecified atom stereocenters. The highest BCUT2D eigenvalue weighted by Gasteiger charge is 2.25. The van der Waals surface area contributed by atoms with Crippen molar-refractivity contribution in [3.63, 3.8) is 0 Å². The zero-order valence-electron chi connectivity index (χ0n) is 13.8. The van der Waals surface area contributed by atoms with E-state index in [1.165, 1.54) is 11.5 Å². The Morgan fingerprint density at radius 1 is 1.26 bits per heavy atom. The lowest BCUT2D eigenvalue weighted by Crippen LogP contribution is -2.48. The number of hydrogen-bond acceptors (Lipinski definition) is 6. The smallest absolute Gasteiger partial charge is 0.257 e. The van der Waals surface area contributed by atoms with E-state index >= 15 is 0 Å². The fourth-order valence-electron chi connectivity index (χ4n) is 2.76. The van der Waals surface area contributed by atoms with E-state index in [1.807, 2.05) is 29.6 Å². The largest absolute Gasteiger partial charge is 0.343 e. The van der Waals surface area contributed by atoms with Crippen LogP contribution in [0.1, 0.15) is 35.2 Å². The van der Waals surface area contributed by atoms with Gasteiger partial charge in [0.1, 0.15) is 5.82 Å². The van der Waals surface area contributed by atoms with E-state index < -0.39 is 0 Å². The summed E-state index contributed by atoms with van der Waals surface area (Å²) >= 11 is 1.42. The van der Waals surface area contributed by atoms with E-state index in [0.29, 0.717) is 13.1 Å². The number of rotatable bonds is 4. The van der Waals surface area contributed by atoms with Gasteiger partial charge in [0, 0.05) is 50.5 Å². The molecule has 2 aromatic heterocycles. The molecule has 8 heteroatoms. The van der Waals surface area contributed by atoms with Crippen molar-refractivity contribution in [2.75, 3.05) is 31.1 Å². The maximum Gasteiger partial charge on any atom is 0.257 e. The first-order valence-electron chi connectivity index (χ1n) is 7.97. The highest BCUT2D eigenvalue weighted by molar-refractivity contribution is 7.09. The molecule has 0 N–H and O–H groups in total. The Morgan fingerprint density at radius 3 is 2.61 bits per heavy atom. The van der Waals surface area contributed by atoms with Gasteiger partial charge in [-0.3, -0.25) is 9.48 Å². The third-order valence-electron chi connectivity index (χ3n) is 3.98. The lowest BCUT2D eigenvalue weighted by atomic mass is 10.2. The van der Waals surface area contributed by atoms with Gasteiger partial charge < -0.3 is 9.80 Å².